The average Bonchev–Trinajstić information content (AvgIpc) is 2.38. The van der Waals surface area contributed by atoms with Crippen molar-refractivity contribution in [3.63, 3.8) is 0 Å². The van der Waals surface area contributed by atoms with Gasteiger partial charge in [-0.25, -0.2) is 9.18 Å². The molecule has 0 unspecified atom stereocenters. The summed E-state index contributed by atoms with van der Waals surface area (Å²) in [7, 11) is 0. The zero-order valence-electron chi connectivity index (χ0n) is 8.87. The van der Waals surface area contributed by atoms with Gasteiger partial charge in [-0.05, 0) is 23.7 Å². The lowest BCUT2D eigenvalue weighted by Crippen LogP contribution is -2.10. The number of nitrogens with two attached hydrogens (primary N) is 1. The first kappa shape index (κ1) is 11.8. The monoisotopic (exact) mass is 247 g/mol. The number of carbonyl (C=O) groups excluding carboxylic acids is 1. The van der Waals surface area contributed by atoms with Crippen molar-refractivity contribution in [1.29, 1.82) is 0 Å². The highest BCUT2D eigenvalue weighted by Crippen LogP contribution is 2.24. The van der Waals surface area contributed by atoms with Crippen molar-refractivity contribution in [3.05, 3.63) is 46.2 Å². The maximum Gasteiger partial charge on any atom is 0.358 e. The molecular formula is C10H6FN5O2. The second-order valence-corrected chi connectivity index (χ2v) is 3.32. The predicted molar refractivity (Wildman–Crippen MR) is 60.1 cm³/mol. The molecule has 0 radical (unpaired) electrons. The Labute approximate surface area is 99.6 Å². The zero-order valence-corrected chi connectivity index (χ0v) is 8.87. The Kier molecular flexibility index (Phi) is 3.05. The van der Waals surface area contributed by atoms with Gasteiger partial charge in [0.2, 0.25) is 0 Å². The molecule has 1 heterocycles. The smallest absolute Gasteiger partial charge is 0.358 e. The van der Waals surface area contributed by atoms with E-state index in [9.17, 15) is 9.18 Å². The number of benzene rings is 1. The molecule has 1 aromatic carbocycles. The molecule has 0 aliphatic carbocycles. The van der Waals surface area contributed by atoms with Crippen LogP contribution >= 0.6 is 0 Å². The molecule has 2 aromatic rings. The van der Waals surface area contributed by atoms with Gasteiger partial charge in [0, 0.05) is 16.5 Å². The maximum absolute atomic E-state index is 13.5. The van der Waals surface area contributed by atoms with Gasteiger partial charge in [-0.2, -0.15) is 5.90 Å². The summed E-state index contributed by atoms with van der Waals surface area (Å²) in [6.45, 7) is 0. The maximum atomic E-state index is 13.5. The second kappa shape index (κ2) is 4.66. The highest BCUT2D eigenvalue weighted by molar-refractivity contribution is 5.94. The topological polar surface area (TPSA) is 114 Å². The molecule has 8 heteroatoms. The molecule has 0 spiro atoms. The SMILES string of the molecule is [N-]=[N+]=Nc1cc2ncc(C(=O)ON)cc2cc1F. The van der Waals surface area contributed by atoms with Crippen LogP contribution < -0.4 is 5.90 Å². The quantitative estimate of drug-likeness (QED) is 0.379. The van der Waals surface area contributed by atoms with Crippen LogP contribution in [-0.2, 0) is 4.84 Å². The van der Waals surface area contributed by atoms with Crippen LogP contribution in [-0.4, -0.2) is 11.0 Å². The molecule has 2 rings (SSSR count). The van der Waals surface area contributed by atoms with Crippen LogP contribution in [0, 0.1) is 5.82 Å². The number of azide groups is 1. The van der Waals surface area contributed by atoms with E-state index in [2.05, 4.69) is 19.8 Å². The number of halogens is 1. The molecule has 90 valence electrons. The van der Waals surface area contributed by atoms with E-state index in [4.69, 9.17) is 11.4 Å². The highest BCUT2D eigenvalue weighted by Gasteiger charge is 2.10. The number of hydrogen-bond donors (Lipinski definition) is 1. The number of nitrogens with zero attached hydrogens (tertiary/aromatic N) is 4. The first-order valence-electron chi connectivity index (χ1n) is 4.71. The van der Waals surface area contributed by atoms with E-state index in [1.165, 1.54) is 18.3 Å². The van der Waals surface area contributed by atoms with Crippen molar-refractivity contribution in [1.82, 2.24) is 4.98 Å². The van der Waals surface area contributed by atoms with Gasteiger partial charge in [0.15, 0.2) is 0 Å². The molecule has 2 N–H and O–H groups in total. The van der Waals surface area contributed by atoms with E-state index < -0.39 is 11.8 Å². The van der Waals surface area contributed by atoms with Gasteiger partial charge in [0.05, 0.1) is 16.8 Å². The first-order valence-corrected chi connectivity index (χ1v) is 4.71. The molecular weight excluding hydrogens is 241 g/mol. The lowest BCUT2D eigenvalue weighted by Gasteiger charge is -2.02. The third-order valence-electron chi connectivity index (χ3n) is 2.25. The minimum absolute atomic E-state index is 0.0981. The van der Waals surface area contributed by atoms with E-state index in [1.807, 2.05) is 0 Å². The number of hydrogen-bond acceptors (Lipinski definition) is 5. The number of pyridine rings is 1. The summed E-state index contributed by atoms with van der Waals surface area (Å²) >= 11 is 0. The number of carbonyl (C=O) groups is 1. The van der Waals surface area contributed by atoms with Crippen LogP contribution in [0.1, 0.15) is 10.4 Å². The first-order chi connectivity index (χ1) is 8.65. The molecule has 0 atom stereocenters. The van der Waals surface area contributed by atoms with Gasteiger partial charge in [-0.1, -0.05) is 5.11 Å². The Morgan fingerprint density at radius 1 is 1.50 bits per heavy atom. The van der Waals surface area contributed by atoms with Crippen LogP contribution in [0.25, 0.3) is 21.3 Å². The summed E-state index contributed by atoms with van der Waals surface area (Å²) in [6, 6.07) is 3.77. The molecule has 18 heavy (non-hydrogen) atoms. The highest BCUT2D eigenvalue weighted by atomic mass is 19.1. The number of aromatic nitrogens is 1. The van der Waals surface area contributed by atoms with E-state index in [-0.39, 0.29) is 11.3 Å². The summed E-state index contributed by atoms with van der Waals surface area (Å²) in [5, 5.41) is 3.55. The minimum atomic E-state index is -0.774. The van der Waals surface area contributed by atoms with Gasteiger partial charge in [-0.3, -0.25) is 4.98 Å². The molecule has 0 aliphatic heterocycles. The Morgan fingerprint density at radius 3 is 2.94 bits per heavy atom. The molecule has 0 aliphatic rings. The standard InChI is InChI=1S/C10H6FN5O2/c11-7-2-5-1-6(10(17)18-13)4-14-8(5)3-9(7)15-16-12/h1-4H,13H2. The molecule has 1 aromatic heterocycles. The lowest BCUT2D eigenvalue weighted by molar-refractivity contribution is 0.0503. The Balaban J connectivity index is 2.62. The molecule has 0 saturated carbocycles. The third-order valence-corrected chi connectivity index (χ3v) is 2.25. The van der Waals surface area contributed by atoms with E-state index in [0.29, 0.717) is 10.9 Å². The fraction of sp³-hybridized carbons (Fsp3) is 0. The molecule has 7 nitrogen and oxygen atoms in total. The molecule has 0 bridgehead atoms. The Hall–Kier alpha value is -2.70. The molecule has 0 amide bonds. The fourth-order valence-corrected chi connectivity index (χ4v) is 1.44. The summed E-state index contributed by atoms with van der Waals surface area (Å²) in [6.07, 6.45) is 1.23. The normalized spacial score (nSPS) is 9.89. The van der Waals surface area contributed by atoms with Crippen molar-refractivity contribution in [2.75, 3.05) is 0 Å². The van der Waals surface area contributed by atoms with Gasteiger partial charge in [0.1, 0.15) is 5.82 Å². The largest absolute Gasteiger partial charge is 0.370 e. The number of fused-ring (bicyclic) bond motifs is 1. The van der Waals surface area contributed by atoms with Gasteiger partial charge >= 0.3 is 5.97 Å². The van der Waals surface area contributed by atoms with Crippen molar-refractivity contribution >= 4 is 22.6 Å². The molecule has 0 fully saturated rings. The van der Waals surface area contributed by atoms with Gasteiger partial charge in [-0.15, -0.1) is 0 Å². The molecule has 0 saturated heterocycles. The fourth-order valence-electron chi connectivity index (χ4n) is 1.44. The minimum Gasteiger partial charge on any atom is -0.370 e. The summed E-state index contributed by atoms with van der Waals surface area (Å²) in [5.41, 5.74) is 8.58. The average molecular weight is 247 g/mol. The van der Waals surface area contributed by atoms with Crippen LogP contribution in [0.15, 0.2) is 29.5 Å². The third kappa shape index (κ3) is 2.05. The van der Waals surface area contributed by atoms with Gasteiger partial charge in [0.25, 0.3) is 0 Å². The van der Waals surface area contributed by atoms with E-state index in [1.54, 1.807) is 0 Å². The lowest BCUT2D eigenvalue weighted by atomic mass is 10.1. The summed E-state index contributed by atoms with van der Waals surface area (Å²) in [4.78, 5) is 21.6. The van der Waals surface area contributed by atoms with E-state index >= 15 is 0 Å². The Bertz CT molecular complexity index is 681. The van der Waals surface area contributed by atoms with Crippen LogP contribution in [0.2, 0.25) is 0 Å². The van der Waals surface area contributed by atoms with E-state index in [0.717, 1.165) is 6.07 Å². The Morgan fingerprint density at radius 2 is 2.28 bits per heavy atom. The van der Waals surface area contributed by atoms with Crippen LogP contribution in [0.5, 0.6) is 0 Å². The van der Waals surface area contributed by atoms with Crippen LogP contribution in [0.3, 0.4) is 0 Å². The number of rotatable bonds is 2. The zero-order chi connectivity index (χ0) is 13.1. The van der Waals surface area contributed by atoms with Gasteiger partial charge < -0.3 is 4.84 Å². The predicted octanol–water partition coefficient (Wildman–Crippen LogP) is 2.35. The summed E-state index contributed by atoms with van der Waals surface area (Å²) in [5.74, 6) is 3.25. The van der Waals surface area contributed by atoms with Crippen molar-refractivity contribution in [2.24, 2.45) is 11.0 Å². The van der Waals surface area contributed by atoms with Crippen molar-refractivity contribution in [2.45, 2.75) is 0 Å². The van der Waals surface area contributed by atoms with Crippen molar-refractivity contribution < 1.29 is 14.0 Å². The second-order valence-electron chi connectivity index (χ2n) is 3.32. The summed E-state index contributed by atoms with van der Waals surface area (Å²) < 4.78 is 13.5. The van der Waals surface area contributed by atoms with Crippen LogP contribution in [0.4, 0.5) is 10.1 Å². The van der Waals surface area contributed by atoms with Crippen molar-refractivity contribution in [3.8, 4) is 0 Å².